The molecule has 0 fully saturated rings. The molecule has 82 valence electrons. The van der Waals surface area contributed by atoms with E-state index in [4.69, 9.17) is 17.3 Å². The van der Waals surface area contributed by atoms with E-state index in [1.54, 1.807) is 6.08 Å². The number of aromatic hydroxyl groups is 1. The van der Waals surface area contributed by atoms with Crippen molar-refractivity contribution in [3.63, 3.8) is 0 Å². The van der Waals surface area contributed by atoms with Gasteiger partial charge >= 0.3 is 0 Å². The maximum atomic E-state index is 13.4. The van der Waals surface area contributed by atoms with Crippen molar-refractivity contribution in [3.05, 3.63) is 41.2 Å². The Morgan fingerprint density at radius 1 is 1.60 bits per heavy atom. The number of phenolic OH excluding ortho intramolecular Hbond substituents is 1. The van der Waals surface area contributed by atoms with Crippen molar-refractivity contribution in [2.75, 3.05) is 0 Å². The molecule has 0 spiro atoms. The molecule has 4 heteroatoms. The molecule has 0 aromatic heterocycles. The zero-order valence-electron chi connectivity index (χ0n) is 8.21. The van der Waals surface area contributed by atoms with Crippen molar-refractivity contribution < 1.29 is 9.50 Å². The highest BCUT2D eigenvalue weighted by Gasteiger charge is 2.17. The molecule has 0 saturated heterocycles. The first kappa shape index (κ1) is 12.0. The van der Waals surface area contributed by atoms with E-state index in [2.05, 4.69) is 6.58 Å². The van der Waals surface area contributed by atoms with E-state index in [0.29, 0.717) is 12.8 Å². The Morgan fingerprint density at radius 3 is 2.87 bits per heavy atom. The van der Waals surface area contributed by atoms with Gasteiger partial charge < -0.3 is 10.8 Å². The number of rotatable bonds is 4. The molecule has 2 nitrogen and oxygen atoms in total. The molecule has 0 bridgehead atoms. The van der Waals surface area contributed by atoms with E-state index in [9.17, 15) is 9.50 Å². The maximum absolute atomic E-state index is 13.4. The lowest BCUT2D eigenvalue weighted by molar-refractivity contribution is 0.446. The lowest BCUT2D eigenvalue weighted by atomic mass is 10.0. The molecule has 0 amide bonds. The standard InChI is InChI=1S/C11H13ClFNO/c1-2-3-4-9(14)10-8(13)6-5-7(12)11(10)15/h2,5-6,9,15H,1,3-4,14H2/t9-/m0/s1. The van der Waals surface area contributed by atoms with Gasteiger partial charge in [0.15, 0.2) is 0 Å². The Kier molecular flexibility index (Phi) is 4.12. The van der Waals surface area contributed by atoms with Gasteiger partial charge in [-0.2, -0.15) is 0 Å². The third kappa shape index (κ3) is 2.70. The summed E-state index contributed by atoms with van der Waals surface area (Å²) in [7, 11) is 0. The summed E-state index contributed by atoms with van der Waals surface area (Å²) in [5, 5.41) is 9.68. The summed E-state index contributed by atoms with van der Waals surface area (Å²) in [5.74, 6) is -0.804. The maximum Gasteiger partial charge on any atom is 0.141 e. The largest absolute Gasteiger partial charge is 0.506 e. The molecule has 0 aliphatic heterocycles. The molecule has 1 aromatic rings. The van der Waals surface area contributed by atoms with E-state index < -0.39 is 11.9 Å². The van der Waals surface area contributed by atoms with Gasteiger partial charge in [0, 0.05) is 11.6 Å². The lowest BCUT2D eigenvalue weighted by Crippen LogP contribution is -2.12. The number of halogens is 2. The topological polar surface area (TPSA) is 46.2 Å². The summed E-state index contributed by atoms with van der Waals surface area (Å²) in [6.45, 7) is 3.55. The zero-order chi connectivity index (χ0) is 11.4. The fourth-order valence-corrected chi connectivity index (χ4v) is 1.52. The van der Waals surface area contributed by atoms with Gasteiger partial charge in [0.1, 0.15) is 11.6 Å². The predicted octanol–water partition coefficient (Wildman–Crippen LogP) is 3.15. The van der Waals surface area contributed by atoms with Crippen molar-refractivity contribution in [2.24, 2.45) is 5.73 Å². The second kappa shape index (κ2) is 5.14. The summed E-state index contributed by atoms with van der Waals surface area (Å²) in [4.78, 5) is 0. The van der Waals surface area contributed by atoms with Crippen LogP contribution >= 0.6 is 11.6 Å². The smallest absolute Gasteiger partial charge is 0.141 e. The number of allylic oxidation sites excluding steroid dienone is 1. The monoisotopic (exact) mass is 229 g/mol. The highest BCUT2D eigenvalue weighted by atomic mass is 35.5. The van der Waals surface area contributed by atoms with Gasteiger partial charge in [-0.05, 0) is 25.0 Å². The summed E-state index contributed by atoms with van der Waals surface area (Å²) in [5.41, 5.74) is 5.82. The Hall–Kier alpha value is -1.06. The first-order valence-corrected chi connectivity index (χ1v) is 4.99. The van der Waals surface area contributed by atoms with E-state index in [1.165, 1.54) is 12.1 Å². The zero-order valence-corrected chi connectivity index (χ0v) is 8.97. The molecule has 1 aromatic carbocycles. The molecule has 0 aliphatic carbocycles. The molecular formula is C11H13ClFNO. The first-order chi connectivity index (χ1) is 7.07. The van der Waals surface area contributed by atoms with Crippen molar-refractivity contribution in [1.29, 1.82) is 0 Å². The van der Waals surface area contributed by atoms with Gasteiger partial charge in [-0.1, -0.05) is 17.7 Å². The molecule has 15 heavy (non-hydrogen) atoms. The quantitative estimate of drug-likeness (QED) is 0.780. The van der Waals surface area contributed by atoms with Crippen LogP contribution in [-0.4, -0.2) is 5.11 Å². The van der Waals surface area contributed by atoms with Crippen molar-refractivity contribution in [2.45, 2.75) is 18.9 Å². The molecule has 1 rings (SSSR count). The van der Waals surface area contributed by atoms with E-state index in [1.807, 2.05) is 0 Å². The van der Waals surface area contributed by atoms with Gasteiger partial charge in [0.25, 0.3) is 0 Å². The van der Waals surface area contributed by atoms with Gasteiger partial charge in [-0.25, -0.2) is 4.39 Å². The van der Waals surface area contributed by atoms with Crippen LogP contribution < -0.4 is 5.73 Å². The summed E-state index contributed by atoms with van der Waals surface area (Å²) >= 11 is 5.67. The minimum atomic E-state index is -0.568. The van der Waals surface area contributed by atoms with E-state index in [-0.39, 0.29) is 16.3 Å². The van der Waals surface area contributed by atoms with Crippen LogP contribution in [0.1, 0.15) is 24.4 Å². The van der Waals surface area contributed by atoms with Crippen molar-refractivity contribution >= 4 is 11.6 Å². The van der Waals surface area contributed by atoms with Gasteiger partial charge in [0.2, 0.25) is 0 Å². The molecule has 0 heterocycles. The van der Waals surface area contributed by atoms with Gasteiger partial charge in [-0.15, -0.1) is 6.58 Å². The average Bonchev–Trinajstić information content (AvgIpc) is 2.21. The van der Waals surface area contributed by atoms with Crippen LogP contribution in [0.4, 0.5) is 4.39 Å². The van der Waals surface area contributed by atoms with Gasteiger partial charge in [-0.3, -0.25) is 0 Å². The third-order valence-electron chi connectivity index (χ3n) is 2.17. The van der Waals surface area contributed by atoms with Crippen LogP contribution in [0.2, 0.25) is 5.02 Å². The lowest BCUT2D eigenvalue weighted by Gasteiger charge is -2.14. The minimum Gasteiger partial charge on any atom is -0.506 e. The molecule has 3 N–H and O–H groups in total. The van der Waals surface area contributed by atoms with Crippen LogP contribution in [0, 0.1) is 5.82 Å². The average molecular weight is 230 g/mol. The first-order valence-electron chi connectivity index (χ1n) is 4.61. The van der Waals surface area contributed by atoms with Crippen LogP contribution in [0.5, 0.6) is 5.75 Å². The number of hydrogen-bond acceptors (Lipinski definition) is 2. The highest BCUT2D eigenvalue weighted by Crippen LogP contribution is 2.34. The number of nitrogens with two attached hydrogens (primary N) is 1. The van der Waals surface area contributed by atoms with E-state index >= 15 is 0 Å². The summed E-state index contributed by atoms with van der Waals surface area (Å²) in [6.07, 6.45) is 2.88. The van der Waals surface area contributed by atoms with Crippen LogP contribution in [0.15, 0.2) is 24.8 Å². The normalized spacial score (nSPS) is 12.5. The van der Waals surface area contributed by atoms with Crippen LogP contribution in [0.3, 0.4) is 0 Å². The Balaban J connectivity index is 3.01. The summed E-state index contributed by atoms with van der Waals surface area (Å²) < 4.78 is 13.4. The third-order valence-corrected chi connectivity index (χ3v) is 2.47. The summed E-state index contributed by atoms with van der Waals surface area (Å²) in [6, 6.07) is 1.93. The SMILES string of the molecule is C=CCC[C@H](N)c1c(F)ccc(Cl)c1O. The minimum absolute atomic E-state index is 0.0735. The van der Waals surface area contributed by atoms with Crippen molar-refractivity contribution in [3.8, 4) is 5.75 Å². The van der Waals surface area contributed by atoms with Crippen LogP contribution in [-0.2, 0) is 0 Å². The molecule has 0 radical (unpaired) electrons. The van der Waals surface area contributed by atoms with Crippen LogP contribution in [0.25, 0.3) is 0 Å². The van der Waals surface area contributed by atoms with Gasteiger partial charge in [0.05, 0.1) is 5.02 Å². The second-order valence-corrected chi connectivity index (χ2v) is 3.67. The fourth-order valence-electron chi connectivity index (χ4n) is 1.35. The number of benzene rings is 1. The number of hydrogen-bond donors (Lipinski definition) is 2. The highest BCUT2D eigenvalue weighted by molar-refractivity contribution is 6.32. The predicted molar refractivity (Wildman–Crippen MR) is 59.4 cm³/mol. The molecule has 0 aliphatic rings. The fraction of sp³-hybridized carbons (Fsp3) is 0.273. The second-order valence-electron chi connectivity index (χ2n) is 3.26. The van der Waals surface area contributed by atoms with E-state index in [0.717, 1.165) is 0 Å². The molecule has 0 saturated carbocycles. The molecule has 0 unspecified atom stereocenters. The molecule has 1 atom stereocenters. The Labute approximate surface area is 93.2 Å². The Bertz CT molecular complexity index is 368. The number of phenols is 1. The van der Waals surface area contributed by atoms with Crippen molar-refractivity contribution in [1.82, 2.24) is 0 Å². The molecular weight excluding hydrogens is 217 g/mol. The Morgan fingerprint density at radius 2 is 2.27 bits per heavy atom.